The maximum Gasteiger partial charge on any atom is 0.0495 e. The van der Waals surface area contributed by atoms with Crippen molar-refractivity contribution in [1.29, 1.82) is 0 Å². The van der Waals surface area contributed by atoms with E-state index in [-0.39, 0.29) is 0 Å². The Bertz CT molecular complexity index is 253. The summed E-state index contributed by atoms with van der Waals surface area (Å²) >= 11 is 0. The highest BCUT2D eigenvalue weighted by Gasteiger charge is 2.38. The third kappa shape index (κ3) is 2.67. The lowest BCUT2D eigenvalue weighted by Crippen LogP contribution is -2.38. The van der Waals surface area contributed by atoms with Crippen molar-refractivity contribution in [3.05, 3.63) is 0 Å². The van der Waals surface area contributed by atoms with Crippen LogP contribution in [0.25, 0.3) is 0 Å². The molecule has 3 heteroatoms. The first-order valence-electron chi connectivity index (χ1n) is 7.38. The van der Waals surface area contributed by atoms with Crippen LogP contribution >= 0.6 is 0 Å². The SMILES string of the molecule is NC1CCCC2CN(CCC3CCOC3)CC12. The molecular weight excluding hydrogens is 212 g/mol. The monoisotopic (exact) mass is 238 g/mol. The minimum atomic E-state index is 0.480. The van der Waals surface area contributed by atoms with Crippen LogP contribution in [0.4, 0.5) is 0 Å². The Balaban J connectivity index is 1.46. The maximum absolute atomic E-state index is 6.25. The molecule has 17 heavy (non-hydrogen) atoms. The molecule has 3 rings (SSSR count). The normalized spacial score (nSPS) is 42.9. The zero-order valence-corrected chi connectivity index (χ0v) is 10.8. The highest BCUT2D eigenvalue weighted by Crippen LogP contribution is 2.35. The van der Waals surface area contributed by atoms with Crippen LogP contribution in [0.15, 0.2) is 0 Å². The van der Waals surface area contributed by atoms with Crippen LogP contribution in [0.2, 0.25) is 0 Å². The van der Waals surface area contributed by atoms with Gasteiger partial charge in [-0.3, -0.25) is 0 Å². The van der Waals surface area contributed by atoms with Crippen molar-refractivity contribution in [2.45, 2.75) is 38.1 Å². The Labute approximate surface area is 105 Å². The zero-order chi connectivity index (χ0) is 11.7. The van der Waals surface area contributed by atoms with Crippen LogP contribution < -0.4 is 5.73 Å². The Kier molecular flexibility index (Phi) is 3.69. The van der Waals surface area contributed by atoms with Crippen molar-refractivity contribution in [2.24, 2.45) is 23.5 Å². The highest BCUT2D eigenvalue weighted by atomic mass is 16.5. The Morgan fingerprint density at radius 3 is 2.88 bits per heavy atom. The van der Waals surface area contributed by atoms with E-state index >= 15 is 0 Å². The largest absolute Gasteiger partial charge is 0.381 e. The molecule has 1 aliphatic carbocycles. The first-order chi connectivity index (χ1) is 8.33. The molecule has 1 saturated carbocycles. The first-order valence-corrected chi connectivity index (χ1v) is 7.38. The molecule has 0 bridgehead atoms. The number of hydrogen-bond donors (Lipinski definition) is 1. The second kappa shape index (κ2) is 5.25. The van der Waals surface area contributed by atoms with Gasteiger partial charge in [0.1, 0.15) is 0 Å². The van der Waals surface area contributed by atoms with Crippen molar-refractivity contribution >= 4 is 0 Å². The van der Waals surface area contributed by atoms with E-state index in [9.17, 15) is 0 Å². The van der Waals surface area contributed by atoms with Gasteiger partial charge in [-0.15, -0.1) is 0 Å². The molecule has 3 nitrogen and oxygen atoms in total. The van der Waals surface area contributed by atoms with Gasteiger partial charge >= 0.3 is 0 Å². The van der Waals surface area contributed by atoms with Gasteiger partial charge in [0.25, 0.3) is 0 Å². The summed E-state index contributed by atoms with van der Waals surface area (Å²) < 4.78 is 5.45. The lowest BCUT2D eigenvalue weighted by atomic mass is 9.78. The van der Waals surface area contributed by atoms with Crippen LogP contribution in [0.1, 0.15) is 32.1 Å². The number of rotatable bonds is 3. The van der Waals surface area contributed by atoms with Gasteiger partial charge in [0.2, 0.25) is 0 Å². The number of ether oxygens (including phenoxy) is 1. The summed E-state index contributed by atoms with van der Waals surface area (Å²) in [6.45, 7) is 5.83. The minimum absolute atomic E-state index is 0.480. The van der Waals surface area contributed by atoms with E-state index in [1.807, 2.05) is 0 Å². The topological polar surface area (TPSA) is 38.5 Å². The lowest BCUT2D eigenvalue weighted by molar-refractivity contribution is 0.180. The molecule has 2 heterocycles. The third-order valence-corrected chi connectivity index (χ3v) is 5.11. The molecule has 3 fully saturated rings. The second-order valence-electron chi connectivity index (χ2n) is 6.30. The van der Waals surface area contributed by atoms with Crippen LogP contribution in [-0.4, -0.2) is 43.8 Å². The summed E-state index contributed by atoms with van der Waals surface area (Å²) in [5.41, 5.74) is 6.25. The predicted octanol–water partition coefficient (Wildman–Crippen LogP) is 1.47. The summed E-state index contributed by atoms with van der Waals surface area (Å²) in [4.78, 5) is 2.67. The fourth-order valence-corrected chi connectivity index (χ4v) is 3.97. The molecule has 2 aliphatic heterocycles. The van der Waals surface area contributed by atoms with Gasteiger partial charge in [-0.05, 0) is 50.0 Å². The van der Waals surface area contributed by atoms with E-state index in [2.05, 4.69) is 4.90 Å². The Morgan fingerprint density at radius 1 is 1.18 bits per heavy atom. The first kappa shape index (κ1) is 11.9. The van der Waals surface area contributed by atoms with Crippen molar-refractivity contribution in [1.82, 2.24) is 4.90 Å². The Hall–Kier alpha value is -0.120. The molecule has 2 N–H and O–H groups in total. The van der Waals surface area contributed by atoms with Gasteiger partial charge < -0.3 is 15.4 Å². The van der Waals surface area contributed by atoms with Crippen molar-refractivity contribution in [2.75, 3.05) is 32.8 Å². The molecule has 0 amide bonds. The van der Waals surface area contributed by atoms with Gasteiger partial charge in [0.15, 0.2) is 0 Å². The van der Waals surface area contributed by atoms with Gasteiger partial charge in [-0.2, -0.15) is 0 Å². The number of nitrogens with zero attached hydrogens (tertiary/aromatic N) is 1. The van der Waals surface area contributed by atoms with E-state index in [0.29, 0.717) is 6.04 Å². The molecule has 0 spiro atoms. The smallest absolute Gasteiger partial charge is 0.0495 e. The Morgan fingerprint density at radius 2 is 2.12 bits per heavy atom. The number of hydrogen-bond acceptors (Lipinski definition) is 3. The van der Waals surface area contributed by atoms with E-state index in [1.54, 1.807) is 0 Å². The van der Waals surface area contributed by atoms with Gasteiger partial charge in [0.05, 0.1) is 0 Å². The highest BCUT2D eigenvalue weighted by molar-refractivity contribution is 4.93. The van der Waals surface area contributed by atoms with E-state index < -0.39 is 0 Å². The van der Waals surface area contributed by atoms with Crippen LogP contribution in [0.5, 0.6) is 0 Å². The van der Waals surface area contributed by atoms with Gasteiger partial charge in [-0.25, -0.2) is 0 Å². The molecule has 98 valence electrons. The standard InChI is InChI=1S/C14H26N2O/c15-14-3-1-2-12-8-16(9-13(12)14)6-4-11-5-7-17-10-11/h11-14H,1-10,15H2. The molecule has 0 aromatic carbocycles. The molecule has 2 saturated heterocycles. The summed E-state index contributed by atoms with van der Waals surface area (Å²) in [6.07, 6.45) is 6.63. The minimum Gasteiger partial charge on any atom is -0.381 e. The lowest BCUT2D eigenvalue weighted by Gasteiger charge is -2.29. The van der Waals surface area contributed by atoms with Gasteiger partial charge in [-0.1, -0.05) is 6.42 Å². The maximum atomic E-state index is 6.25. The number of fused-ring (bicyclic) bond motifs is 1. The summed E-state index contributed by atoms with van der Waals surface area (Å²) in [7, 11) is 0. The molecule has 4 atom stereocenters. The van der Waals surface area contributed by atoms with E-state index in [1.165, 1.54) is 51.7 Å². The molecule has 3 aliphatic rings. The average Bonchev–Trinajstić information content (AvgIpc) is 2.95. The van der Waals surface area contributed by atoms with Crippen LogP contribution in [0, 0.1) is 17.8 Å². The van der Waals surface area contributed by atoms with E-state index in [0.717, 1.165) is 31.0 Å². The summed E-state index contributed by atoms with van der Waals surface area (Å²) in [6, 6.07) is 0.480. The molecule has 0 aromatic heterocycles. The van der Waals surface area contributed by atoms with Crippen LogP contribution in [0.3, 0.4) is 0 Å². The second-order valence-corrected chi connectivity index (χ2v) is 6.30. The van der Waals surface area contributed by atoms with Gasteiger partial charge in [0, 0.05) is 32.3 Å². The van der Waals surface area contributed by atoms with Crippen molar-refractivity contribution in [3.63, 3.8) is 0 Å². The predicted molar refractivity (Wildman–Crippen MR) is 68.8 cm³/mol. The number of likely N-dealkylation sites (tertiary alicyclic amines) is 1. The summed E-state index contributed by atoms with van der Waals surface area (Å²) in [5, 5.41) is 0. The quantitative estimate of drug-likeness (QED) is 0.809. The van der Waals surface area contributed by atoms with Crippen LogP contribution in [-0.2, 0) is 4.74 Å². The van der Waals surface area contributed by atoms with Crippen molar-refractivity contribution in [3.8, 4) is 0 Å². The fraction of sp³-hybridized carbons (Fsp3) is 1.00. The fourth-order valence-electron chi connectivity index (χ4n) is 3.97. The number of nitrogens with two attached hydrogens (primary N) is 1. The third-order valence-electron chi connectivity index (χ3n) is 5.11. The average molecular weight is 238 g/mol. The molecular formula is C14H26N2O. The zero-order valence-electron chi connectivity index (χ0n) is 10.8. The van der Waals surface area contributed by atoms with Crippen molar-refractivity contribution < 1.29 is 4.74 Å². The summed E-state index contributed by atoms with van der Waals surface area (Å²) in [5.74, 6) is 2.52. The molecule has 0 aromatic rings. The molecule has 4 unspecified atom stereocenters. The molecule has 0 radical (unpaired) electrons. The van der Waals surface area contributed by atoms with E-state index in [4.69, 9.17) is 10.5 Å².